The Morgan fingerprint density at radius 3 is 2.43 bits per heavy atom. The summed E-state index contributed by atoms with van der Waals surface area (Å²) in [5.41, 5.74) is 2.42. The smallest absolute Gasteiger partial charge is 0.255 e. The van der Waals surface area contributed by atoms with E-state index in [1.807, 2.05) is 18.2 Å². The maximum absolute atomic E-state index is 12.1. The molecule has 2 rings (SSSR count). The minimum absolute atomic E-state index is 0. The van der Waals surface area contributed by atoms with Crippen molar-refractivity contribution in [2.75, 3.05) is 12.4 Å². The molecule has 1 N–H and O–H groups in total. The fourth-order valence-corrected chi connectivity index (χ4v) is 1.97. The summed E-state index contributed by atoms with van der Waals surface area (Å²) in [6.07, 6.45) is 3.20. The van der Waals surface area contributed by atoms with Crippen molar-refractivity contribution < 1.29 is 9.53 Å². The Morgan fingerprint density at radius 2 is 1.86 bits per heavy atom. The molecule has 1 heterocycles. The molecule has 0 aliphatic heterocycles. The number of methoxy groups -OCH3 is 1. The third-order valence-electron chi connectivity index (χ3n) is 3.05. The van der Waals surface area contributed by atoms with Crippen LogP contribution in [-0.4, -0.2) is 18.0 Å². The van der Waals surface area contributed by atoms with Crippen LogP contribution in [0.15, 0.2) is 42.7 Å². The lowest BCUT2D eigenvalue weighted by Crippen LogP contribution is -2.12. The number of benzene rings is 1. The normalized spacial score (nSPS) is 9.90. The number of carbonyl (C=O) groups is 1. The van der Waals surface area contributed by atoms with Crippen LogP contribution in [0.4, 0.5) is 5.69 Å². The van der Waals surface area contributed by atoms with Crippen molar-refractivity contribution >= 4 is 24.0 Å². The lowest BCUT2D eigenvalue weighted by atomic mass is 10.0. The van der Waals surface area contributed by atoms with Gasteiger partial charge in [-0.2, -0.15) is 0 Å². The second-order valence-electron chi connectivity index (χ2n) is 4.80. The van der Waals surface area contributed by atoms with Crippen molar-refractivity contribution in [3.63, 3.8) is 0 Å². The molecule has 0 bridgehead atoms. The molecule has 5 heteroatoms. The van der Waals surface area contributed by atoms with Gasteiger partial charge in [-0.15, -0.1) is 12.4 Å². The number of hydrogen-bond acceptors (Lipinski definition) is 3. The number of pyridine rings is 1. The molecular formula is C16H19ClN2O2. The van der Waals surface area contributed by atoms with E-state index in [-0.39, 0.29) is 18.3 Å². The van der Waals surface area contributed by atoms with E-state index in [1.165, 1.54) is 0 Å². The third kappa shape index (κ3) is 4.20. The summed E-state index contributed by atoms with van der Waals surface area (Å²) < 4.78 is 5.33. The minimum Gasteiger partial charge on any atom is -0.496 e. The highest BCUT2D eigenvalue weighted by molar-refractivity contribution is 6.04. The van der Waals surface area contributed by atoms with E-state index in [0.29, 0.717) is 11.5 Å². The molecule has 0 atom stereocenters. The average Bonchev–Trinajstić information content (AvgIpc) is 2.48. The molecule has 0 radical (unpaired) electrons. The minimum atomic E-state index is -0.146. The van der Waals surface area contributed by atoms with Crippen LogP contribution in [0.3, 0.4) is 0 Å². The molecule has 0 saturated carbocycles. The Kier molecular flexibility index (Phi) is 6.18. The average molecular weight is 307 g/mol. The third-order valence-corrected chi connectivity index (χ3v) is 3.05. The summed E-state index contributed by atoms with van der Waals surface area (Å²) in [6.45, 7) is 4.18. The van der Waals surface area contributed by atoms with Gasteiger partial charge < -0.3 is 10.1 Å². The molecular weight excluding hydrogens is 288 g/mol. The number of carbonyl (C=O) groups excluding carboxylic acids is 1. The van der Waals surface area contributed by atoms with E-state index in [9.17, 15) is 4.79 Å². The van der Waals surface area contributed by atoms with Crippen molar-refractivity contribution in [1.82, 2.24) is 4.98 Å². The van der Waals surface area contributed by atoms with Gasteiger partial charge >= 0.3 is 0 Å². The largest absolute Gasteiger partial charge is 0.496 e. The van der Waals surface area contributed by atoms with E-state index < -0.39 is 0 Å². The van der Waals surface area contributed by atoms with Gasteiger partial charge in [0.15, 0.2) is 0 Å². The molecule has 1 amide bonds. The Bertz CT molecular complexity index is 600. The molecule has 21 heavy (non-hydrogen) atoms. The summed E-state index contributed by atoms with van der Waals surface area (Å²) in [4.78, 5) is 16.0. The maximum atomic E-state index is 12.1. The first-order valence-electron chi connectivity index (χ1n) is 6.51. The quantitative estimate of drug-likeness (QED) is 0.932. The first-order valence-corrected chi connectivity index (χ1v) is 6.51. The Balaban J connectivity index is 0.00000220. The van der Waals surface area contributed by atoms with Crippen molar-refractivity contribution in [3.05, 3.63) is 53.9 Å². The number of rotatable bonds is 4. The van der Waals surface area contributed by atoms with Crippen molar-refractivity contribution in [2.24, 2.45) is 0 Å². The molecule has 112 valence electrons. The topological polar surface area (TPSA) is 51.2 Å². The molecule has 0 saturated heterocycles. The van der Waals surface area contributed by atoms with Crippen LogP contribution in [0.25, 0.3) is 0 Å². The Labute approximate surface area is 131 Å². The molecule has 0 spiro atoms. The van der Waals surface area contributed by atoms with Gasteiger partial charge in [0, 0.05) is 23.6 Å². The maximum Gasteiger partial charge on any atom is 0.255 e. The van der Waals surface area contributed by atoms with Gasteiger partial charge in [0.2, 0.25) is 0 Å². The summed E-state index contributed by atoms with van der Waals surface area (Å²) >= 11 is 0. The van der Waals surface area contributed by atoms with Gasteiger partial charge in [0.25, 0.3) is 5.91 Å². The second-order valence-corrected chi connectivity index (χ2v) is 4.80. The fraction of sp³-hybridized carbons (Fsp3) is 0.250. The van der Waals surface area contributed by atoms with Gasteiger partial charge in [-0.25, -0.2) is 0 Å². The summed E-state index contributed by atoms with van der Waals surface area (Å²) in [5.74, 6) is 1.01. The molecule has 1 aromatic carbocycles. The first kappa shape index (κ1) is 17.0. The van der Waals surface area contributed by atoms with Crippen LogP contribution in [0.1, 0.15) is 35.7 Å². The highest BCUT2D eigenvalue weighted by Gasteiger charge is 2.10. The fourth-order valence-electron chi connectivity index (χ4n) is 1.97. The van der Waals surface area contributed by atoms with Crippen molar-refractivity contribution in [3.8, 4) is 5.75 Å². The number of halogens is 1. The highest BCUT2D eigenvalue weighted by Crippen LogP contribution is 2.29. The number of nitrogens with zero attached hydrogens (tertiary/aromatic N) is 1. The van der Waals surface area contributed by atoms with Crippen LogP contribution in [0.2, 0.25) is 0 Å². The zero-order valence-electron chi connectivity index (χ0n) is 12.3. The molecule has 4 nitrogen and oxygen atoms in total. The number of ether oxygens (including phenoxy) is 1. The zero-order valence-corrected chi connectivity index (χ0v) is 13.1. The van der Waals surface area contributed by atoms with Crippen LogP contribution in [-0.2, 0) is 0 Å². The first-order chi connectivity index (χ1) is 9.61. The van der Waals surface area contributed by atoms with Gasteiger partial charge in [0.1, 0.15) is 5.75 Å². The summed E-state index contributed by atoms with van der Waals surface area (Å²) in [7, 11) is 1.65. The van der Waals surface area contributed by atoms with Gasteiger partial charge in [-0.3, -0.25) is 9.78 Å². The number of aromatic nitrogens is 1. The van der Waals surface area contributed by atoms with Crippen LogP contribution >= 0.6 is 12.4 Å². The van der Waals surface area contributed by atoms with E-state index in [1.54, 1.807) is 31.6 Å². The molecule has 0 aliphatic carbocycles. The highest BCUT2D eigenvalue weighted by atomic mass is 35.5. The molecule has 1 aromatic heterocycles. The van der Waals surface area contributed by atoms with E-state index >= 15 is 0 Å². The molecule has 0 aliphatic rings. The molecule has 0 fully saturated rings. The monoisotopic (exact) mass is 306 g/mol. The van der Waals surface area contributed by atoms with Crippen molar-refractivity contribution in [1.29, 1.82) is 0 Å². The predicted molar refractivity (Wildman–Crippen MR) is 86.5 cm³/mol. The van der Waals surface area contributed by atoms with Crippen LogP contribution < -0.4 is 10.1 Å². The molecule has 0 unspecified atom stereocenters. The zero-order chi connectivity index (χ0) is 14.5. The van der Waals surface area contributed by atoms with Gasteiger partial charge in [-0.1, -0.05) is 13.8 Å². The van der Waals surface area contributed by atoms with E-state index in [2.05, 4.69) is 24.1 Å². The van der Waals surface area contributed by atoms with Gasteiger partial charge in [0.05, 0.1) is 7.11 Å². The lowest BCUT2D eigenvalue weighted by Gasteiger charge is -2.14. The Morgan fingerprint density at radius 1 is 1.19 bits per heavy atom. The van der Waals surface area contributed by atoms with Gasteiger partial charge in [-0.05, 0) is 41.8 Å². The number of amides is 1. The van der Waals surface area contributed by atoms with Crippen LogP contribution in [0.5, 0.6) is 5.75 Å². The SMILES string of the molecule is COc1ccc(NC(=O)c2ccncc2)cc1C(C)C.Cl. The number of nitrogens with one attached hydrogen (secondary N) is 1. The Hall–Kier alpha value is -2.07. The summed E-state index contributed by atoms with van der Waals surface area (Å²) in [5, 5.41) is 2.88. The number of anilines is 1. The molecule has 2 aromatic rings. The lowest BCUT2D eigenvalue weighted by molar-refractivity contribution is 0.102. The number of hydrogen-bond donors (Lipinski definition) is 1. The standard InChI is InChI=1S/C16H18N2O2.ClH/c1-11(2)14-10-13(4-5-15(14)20-3)18-16(19)12-6-8-17-9-7-12;/h4-11H,1-3H3,(H,18,19);1H. The van der Waals surface area contributed by atoms with E-state index in [4.69, 9.17) is 4.74 Å². The second kappa shape index (κ2) is 7.64. The predicted octanol–water partition coefficient (Wildman–Crippen LogP) is 3.89. The van der Waals surface area contributed by atoms with Crippen molar-refractivity contribution in [2.45, 2.75) is 19.8 Å². The van der Waals surface area contributed by atoms with E-state index in [0.717, 1.165) is 17.0 Å². The van der Waals surface area contributed by atoms with Crippen LogP contribution in [0, 0.1) is 0 Å². The summed E-state index contributed by atoms with van der Waals surface area (Å²) in [6, 6.07) is 9.02.